The lowest BCUT2D eigenvalue weighted by Gasteiger charge is -2.59. The first kappa shape index (κ1) is 34.6. The fourth-order valence-corrected chi connectivity index (χ4v) is 11.0. The summed E-state index contributed by atoms with van der Waals surface area (Å²) in [5, 5.41) is 1.48. The van der Waals surface area contributed by atoms with Gasteiger partial charge in [0.25, 0.3) is 0 Å². The molecule has 0 heterocycles. The molecule has 4 nitrogen and oxygen atoms in total. The number of ether oxygens (including phenoxy) is 2. The van der Waals surface area contributed by atoms with E-state index in [0.29, 0.717) is 40.2 Å². The molecule has 0 aliphatic heterocycles. The first-order valence-corrected chi connectivity index (χ1v) is 18.2. The Kier molecular flexibility index (Phi) is 10.6. The van der Waals surface area contributed by atoms with Crippen molar-refractivity contribution in [3.05, 3.63) is 57.6 Å². The van der Waals surface area contributed by atoms with Crippen LogP contribution in [-0.2, 0) is 25.5 Å². The van der Waals surface area contributed by atoms with Crippen molar-refractivity contribution in [2.24, 2.45) is 46.3 Å². The van der Waals surface area contributed by atoms with Crippen molar-refractivity contribution < 1.29 is 19.1 Å². The van der Waals surface area contributed by atoms with Gasteiger partial charge in [-0.3, -0.25) is 4.79 Å². The first-order valence-electron chi connectivity index (χ1n) is 17.4. The number of halogens is 2. The Morgan fingerprint density at radius 3 is 2.47 bits per heavy atom. The summed E-state index contributed by atoms with van der Waals surface area (Å²) in [6.45, 7) is 16.7. The molecule has 3 saturated carbocycles. The minimum atomic E-state index is -0.453. The molecular weight excluding hydrogens is 603 g/mol. The van der Waals surface area contributed by atoms with Gasteiger partial charge in [0.1, 0.15) is 12.2 Å². The van der Waals surface area contributed by atoms with E-state index in [4.69, 9.17) is 32.7 Å². The maximum Gasteiger partial charge on any atom is 0.333 e. The van der Waals surface area contributed by atoms with Crippen LogP contribution in [0, 0.1) is 46.3 Å². The van der Waals surface area contributed by atoms with Gasteiger partial charge >= 0.3 is 11.9 Å². The lowest BCUT2D eigenvalue weighted by molar-refractivity contribution is -0.173. The van der Waals surface area contributed by atoms with Gasteiger partial charge in [-0.1, -0.05) is 94.5 Å². The lowest BCUT2D eigenvalue weighted by Crippen LogP contribution is -2.54. The zero-order chi connectivity index (χ0) is 32.7. The molecule has 10 atom stereocenters. The molecule has 5 rings (SSSR count). The molecule has 6 heteroatoms. The topological polar surface area (TPSA) is 52.6 Å². The summed E-state index contributed by atoms with van der Waals surface area (Å²) in [6, 6.07) is 5.87. The van der Waals surface area contributed by atoms with Crippen LogP contribution in [-0.4, -0.2) is 24.1 Å². The molecule has 1 aromatic rings. The van der Waals surface area contributed by atoms with Crippen molar-refractivity contribution in [3.63, 3.8) is 0 Å². The summed E-state index contributed by atoms with van der Waals surface area (Å²) in [7, 11) is 0. The van der Waals surface area contributed by atoms with Crippen LogP contribution >= 0.6 is 23.2 Å². The fraction of sp³-hybridized carbons (Fsp3) is 0.692. The molecule has 2 unspecified atom stereocenters. The van der Waals surface area contributed by atoms with Crippen LogP contribution in [0.4, 0.5) is 0 Å². The Hall–Kier alpha value is -1.78. The third kappa shape index (κ3) is 7.08. The van der Waals surface area contributed by atoms with Gasteiger partial charge in [-0.05, 0) is 116 Å². The predicted octanol–water partition coefficient (Wildman–Crippen LogP) is 10.6. The zero-order valence-corrected chi connectivity index (χ0v) is 29.8. The van der Waals surface area contributed by atoms with E-state index in [0.717, 1.165) is 42.0 Å². The van der Waals surface area contributed by atoms with Gasteiger partial charge in [0, 0.05) is 29.0 Å². The molecule has 0 bridgehead atoms. The minimum Gasteiger partial charge on any atom is -0.459 e. The number of carbonyl (C=O) groups excluding carboxylic acids is 2. The highest BCUT2D eigenvalue weighted by atomic mass is 35.5. The highest BCUT2D eigenvalue weighted by Gasteiger charge is 2.60. The smallest absolute Gasteiger partial charge is 0.333 e. The van der Waals surface area contributed by atoms with Crippen LogP contribution < -0.4 is 0 Å². The maximum absolute atomic E-state index is 12.5. The molecule has 0 N–H and O–H groups in total. The second kappa shape index (κ2) is 13.8. The molecular formula is C39H54Cl2O4. The molecule has 4 aliphatic rings. The number of fused-ring (bicyclic) bond motifs is 5. The van der Waals surface area contributed by atoms with Gasteiger partial charge in [-0.25, -0.2) is 4.79 Å². The molecule has 0 amide bonds. The molecule has 45 heavy (non-hydrogen) atoms. The normalized spacial score (nSPS) is 35.2. The summed E-state index contributed by atoms with van der Waals surface area (Å²) in [4.78, 5) is 24.6. The van der Waals surface area contributed by atoms with E-state index in [1.54, 1.807) is 6.92 Å². The first-order chi connectivity index (χ1) is 21.2. The van der Waals surface area contributed by atoms with Crippen LogP contribution in [0.25, 0.3) is 0 Å². The Morgan fingerprint density at radius 1 is 1.02 bits per heavy atom. The third-order valence-corrected chi connectivity index (χ3v) is 13.3. The van der Waals surface area contributed by atoms with Crippen LogP contribution in [0.5, 0.6) is 0 Å². The largest absolute Gasteiger partial charge is 0.459 e. The van der Waals surface area contributed by atoms with Gasteiger partial charge < -0.3 is 9.47 Å². The zero-order valence-electron chi connectivity index (χ0n) is 28.3. The number of allylic oxidation sites excluding steroid dienone is 1. The molecule has 248 valence electrons. The van der Waals surface area contributed by atoms with Gasteiger partial charge in [-0.15, -0.1) is 0 Å². The molecule has 0 radical (unpaired) electrons. The molecule has 3 fully saturated rings. The third-order valence-electron chi connectivity index (χ3n) is 12.7. The summed E-state index contributed by atoms with van der Waals surface area (Å²) in [6.07, 6.45) is 14.0. The number of hydrogen-bond donors (Lipinski definition) is 0. The van der Waals surface area contributed by atoms with Gasteiger partial charge in [0.05, 0.1) is 0 Å². The van der Waals surface area contributed by atoms with Crippen molar-refractivity contribution in [3.8, 4) is 0 Å². The maximum atomic E-state index is 12.5. The van der Waals surface area contributed by atoms with Gasteiger partial charge in [-0.2, -0.15) is 0 Å². The summed E-state index contributed by atoms with van der Waals surface area (Å²) in [5.74, 6) is 3.33. The van der Waals surface area contributed by atoms with Crippen LogP contribution in [0.2, 0.25) is 10.0 Å². The van der Waals surface area contributed by atoms with E-state index < -0.39 is 18.2 Å². The molecule has 0 aromatic heterocycles. The summed E-state index contributed by atoms with van der Waals surface area (Å²) in [5.41, 5.74) is 3.31. The second-order valence-electron chi connectivity index (χ2n) is 15.7. The van der Waals surface area contributed by atoms with Gasteiger partial charge in [0.15, 0.2) is 0 Å². The Bertz CT molecular complexity index is 1320. The lowest BCUT2D eigenvalue weighted by atomic mass is 9.46. The molecule has 0 spiro atoms. The van der Waals surface area contributed by atoms with E-state index >= 15 is 0 Å². The quantitative estimate of drug-likeness (QED) is 0.143. The molecule has 0 saturated heterocycles. The van der Waals surface area contributed by atoms with Crippen LogP contribution in [0.3, 0.4) is 0 Å². The van der Waals surface area contributed by atoms with Gasteiger partial charge in [0.2, 0.25) is 0 Å². The van der Waals surface area contributed by atoms with E-state index in [-0.39, 0.29) is 11.4 Å². The fourth-order valence-electron chi connectivity index (χ4n) is 10.5. The summed E-state index contributed by atoms with van der Waals surface area (Å²) < 4.78 is 11.7. The van der Waals surface area contributed by atoms with Crippen molar-refractivity contribution in [1.82, 2.24) is 0 Å². The standard InChI is InChI=1S/C39H54Cl2O4/c1-23(2)37(43)45-35-20-28-12-14-30-32-16-15-31(25(4)10-8-9-24(3)19-27-11-13-29(40)21-34(27)41)38(32,6)18-17-33(30)39(28,7)22-36(35)44-26(5)42/h11-13,21,24-25,30-33,35-36H,1,8-10,14-20,22H2,2-7H3/t24?,25-,30+,31-,32+,33+,35-,36?,38-,39+/m1/s1. The van der Waals surface area contributed by atoms with E-state index in [9.17, 15) is 9.59 Å². The average molecular weight is 658 g/mol. The number of rotatable bonds is 10. The summed E-state index contributed by atoms with van der Waals surface area (Å²) >= 11 is 12.6. The number of carbonyl (C=O) groups is 2. The van der Waals surface area contributed by atoms with Crippen molar-refractivity contribution in [2.75, 3.05) is 0 Å². The Balaban J connectivity index is 1.23. The highest BCUT2D eigenvalue weighted by Crippen LogP contribution is 2.67. The Labute approximate surface area is 281 Å². The number of esters is 2. The highest BCUT2D eigenvalue weighted by molar-refractivity contribution is 6.35. The number of benzene rings is 1. The minimum absolute atomic E-state index is 0.0384. The van der Waals surface area contributed by atoms with Crippen LogP contribution in [0.1, 0.15) is 111 Å². The average Bonchev–Trinajstić information content (AvgIpc) is 3.32. The predicted molar refractivity (Wildman–Crippen MR) is 183 cm³/mol. The SMILES string of the molecule is C=C(C)C(=O)O[C@@H]1CC2=CC[C@H]3[C@@H]4CC[C@H]([C@H](C)CCCC(C)Cc5ccc(Cl)cc5Cl)[C@@]4(C)CC[C@@H]3[C@@]2(C)CC1OC(C)=O. The van der Waals surface area contributed by atoms with E-state index in [1.165, 1.54) is 63.0 Å². The monoisotopic (exact) mass is 656 g/mol. The van der Waals surface area contributed by atoms with Crippen molar-refractivity contribution >= 4 is 35.1 Å². The van der Waals surface area contributed by atoms with Crippen LogP contribution in [0.15, 0.2) is 42.0 Å². The molecule has 1 aromatic carbocycles. The number of hydrogen-bond acceptors (Lipinski definition) is 4. The van der Waals surface area contributed by atoms with Crippen molar-refractivity contribution in [1.29, 1.82) is 0 Å². The van der Waals surface area contributed by atoms with E-state index in [1.807, 2.05) is 12.1 Å². The van der Waals surface area contributed by atoms with E-state index in [2.05, 4.69) is 46.4 Å². The molecule has 4 aliphatic carbocycles. The Morgan fingerprint density at radius 2 is 1.78 bits per heavy atom. The van der Waals surface area contributed by atoms with Crippen molar-refractivity contribution in [2.45, 2.75) is 124 Å². The second-order valence-corrected chi connectivity index (χ2v) is 16.6.